The van der Waals surface area contributed by atoms with Crippen molar-refractivity contribution in [1.82, 2.24) is 4.90 Å². The maximum absolute atomic E-state index is 12.0. The van der Waals surface area contributed by atoms with Gasteiger partial charge in [-0.1, -0.05) is 0 Å². The molecule has 0 saturated carbocycles. The lowest BCUT2D eigenvalue weighted by Gasteiger charge is -2.22. The van der Waals surface area contributed by atoms with Crippen molar-refractivity contribution >= 4 is 11.8 Å². The van der Waals surface area contributed by atoms with E-state index in [2.05, 4.69) is 5.32 Å². The lowest BCUT2D eigenvalue weighted by atomic mass is 10.2. The first-order chi connectivity index (χ1) is 8.92. The van der Waals surface area contributed by atoms with Gasteiger partial charge in [0, 0.05) is 12.1 Å². The molecule has 0 fully saturated rings. The molecule has 0 radical (unpaired) electrons. The molecule has 0 aliphatic rings. The normalized spacial score (nSPS) is 12.3. The fourth-order valence-electron chi connectivity index (χ4n) is 1.62. The van der Waals surface area contributed by atoms with Crippen LogP contribution in [-0.2, 0) is 4.79 Å². The zero-order valence-electron chi connectivity index (χ0n) is 11.6. The molecule has 1 rings (SSSR count). The lowest BCUT2D eigenvalue weighted by Crippen LogP contribution is -2.40. The number of anilines is 1. The van der Waals surface area contributed by atoms with Crippen LogP contribution in [0.2, 0.25) is 0 Å². The van der Waals surface area contributed by atoms with Crippen LogP contribution in [0.4, 0.5) is 5.88 Å². The summed E-state index contributed by atoms with van der Waals surface area (Å²) in [6, 6.07) is 1.59. The summed E-state index contributed by atoms with van der Waals surface area (Å²) in [6.07, 6.45) is 0. The second kappa shape index (κ2) is 6.36. The number of aryl methyl sites for hydroxylation is 1. The average Bonchev–Trinajstić information content (AvgIpc) is 2.63. The van der Waals surface area contributed by atoms with E-state index in [1.54, 1.807) is 32.7 Å². The van der Waals surface area contributed by atoms with Crippen molar-refractivity contribution in [3.63, 3.8) is 0 Å². The van der Waals surface area contributed by atoms with Gasteiger partial charge in [-0.05, 0) is 27.8 Å². The highest BCUT2D eigenvalue weighted by atomic mass is 16.4. The van der Waals surface area contributed by atoms with Crippen LogP contribution in [0.25, 0.3) is 0 Å². The molecule has 6 nitrogen and oxygen atoms in total. The number of nitrogens with one attached hydrogen (secondary N) is 1. The molecule has 0 aliphatic heterocycles. The second-order valence-electron chi connectivity index (χ2n) is 4.47. The standard InChI is InChI=1S/C13H19N3O3/c1-8-10(3)19-13(11(8)7-14)15-12(18)9(2)16(4)5-6-17/h9,17H,5-6H2,1-4H3,(H,15,18). The number of nitriles is 1. The largest absolute Gasteiger partial charge is 0.444 e. The van der Waals surface area contributed by atoms with Gasteiger partial charge in [0.1, 0.15) is 17.4 Å². The minimum atomic E-state index is -0.426. The van der Waals surface area contributed by atoms with Crippen molar-refractivity contribution in [3.05, 3.63) is 16.9 Å². The SMILES string of the molecule is Cc1oc(NC(=O)C(C)N(C)CCO)c(C#N)c1C. The van der Waals surface area contributed by atoms with Crippen molar-refractivity contribution in [3.8, 4) is 6.07 Å². The van der Waals surface area contributed by atoms with Crippen LogP contribution < -0.4 is 5.32 Å². The van der Waals surface area contributed by atoms with E-state index >= 15 is 0 Å². The van der Waals surface area contributed by atoms with Gasteiger partial charge < -0.3 is 9.52 Å². The van der Waals surface area contributed by atoms with Crippen LogP contribution in [0.15, 0.2) is 4.42 Å². The summed E-state index contributed by atoms with van der Waals surface area (Å²) >= 11 is 0. The molecule has 0 spiro atoms. The van der Waals surface area contributed by atoms with Gasteiger partial charge in [-0.15, -0.1) is 0 Å². The molecule has 1 aromatic heterocycles. The molecular formula is C13H19N3O3. The molecule has 0 aromatic carbocycles. The van der Waals surface area contributed by atoms with E-state index in [4.69, 9.17) is 14.8 Å². The Morgan fingerprint density at radius 2 is 2.21 bits per heavy atom. The molecule has 1 atom stereocenters. The summed E-state index contributed by atoms with van der Waals surface area (Å²) in [6.45, 7) is 5.62. The third kappa shape index (κ3) is 3.34. The predicted octanol–water partition coefficient (Wildman–Crippen LogP) is 1.02. The molecule has 0 saturated heterocycles. The number of hydrogen-bond donors (Lipinski definition) is 2. The summed E-state index contributed by atoms with van der Waals surface area (Å²) in [5, 5.41) is 20.5. The Labute approximate surface area is 112 Å². The molecule has 0 bridgehead atoms. The fraction of sp³-hybridized carbons (Fsp3) is 0.538. The third-order valence-electron chi connectivity index (χ3n) is 3.23. The summed E-state index contributed by atoms with van der Waals surface area (Å²) in [7, 11) is 1.74. The number of likely N-dealkylation sites (N-methyl/N-ethyl adjacent to an activating group) is 1. The third-order valence-corrected chi connectivity index (χ3v) is 3.23. The molecule has 1 amide bonds. The highest BCUT2D eigenvalue weighted by Gasteiger charge is 2.22. The molecule has 1 heterocycles. The van der Waals surface area contributed by atoms with Gasteiger partial charge in [0.15, 0.2) is 0 Å². The first kappa shape index (κ1) is 15.2. The van der Waals surface area contributed by atoms with E-state index in [9.17, 15) is 4.79 Å². The fourth-order valence-corrected chi connectivity index (χ4v) is 1.62. The van der Waals surface area contributed by atoms with Gasteiger partial charge in [-0.2, -0.15) is 5.26 Å². The number of carbonyl (C=O) groups excluding carboxylic acids is 1. The second-order valence-corrected chi connectivity index (χ2v) is 4.47. The number of aliphatic hydroxyl groups excluding tert-OH is 1. The van der Waals surface area contributed by atoms with Crippen LogP contribution in [0.3, 0.4) is 0 Å². The molecule has 104 valence electrons. The summed E-state index contributed by atoms with van der Waals surface area (Å²) < 4.78 is 5.37. The maximum Gasteiger partial charge on any atom is 0.243 e. The molecular weight excluding hydrogens is 246 g/mol. The number of hydrogen-bond acceptors (Lipinski definition) is 5. The molecule has 1 unspecified atom stereocenters. The van der Waals surface area contributed by atoms with Crippen molar-refractivity contribution in [2.45, 2.75) is 26.8 Å². The summed E-state index contributed by atoms with van der Waals surface area (Å²) in [5.74, 6) is 0.524. The Hall–Kier alpha value is -1.84. The van der Waals surface area contributed by atoms with E-state index in [0.29, 0.717) is 17.9 Å². The zero-order valence-corrected chi connectivity index (χ0v) is 11.6. The molecule has 19 heavy (non-hydrogen) atoms. The van der Waals surface area contributed by atoms with Gasteiger partial charge in [-0.3, -0.25) is 15.0 Å². The number of aliphatic hydroxyl groups is 1. The van der Waals surface area contributed by atoms with E-state index in [1.165, 1.54) is 0 Å². The van der Waals surface area contributed by atoms with Gasteiger partial charge >= 0.3 is 0 Å². The zero-order chi connectivity index (χ0) is 14.6. The van der Waals surface area contributed by atoms with E-state index in [1.807, 2.05) is 6.07 Å². The number of nitrogens with zero attached hydrogens (tertiary/aromatic N) is 2. The Kier molecular flexibility index (Phi) is 5.10. The minimum absolute atomic E-state index is 0.0173. The van der Waals surface area contributed by atoms with Crippen LogP contribution in [0.5, 0.6) is 0 Å². The topological polar surface area (TPSA) is 89.5 Å². The molecule has 1 aromatic rings. The monoisotopic (exact) mass is 265 g/mol. The van der Waals surface area contributed by atoms with Crippen LogP contribution in [-0.4, -0.2) is 42.2 Å². The summed E-state index contributed by atoms with van der Waals surface area (Å²) in [4.78, 5) is 13.7. The van der Waals surface area contributed by atoms with Gasteiger partial charge in [0.05, 0.1) is 12.6 Å². The highest BCUT2D eigenvalue weighted by molar-refractivity contribution is 5.94. The Bertz CT molecular complexity index is 502. The van der Waals surface area contributed by atoms with Crippen LogP contribution in [0, 0.1) is 25.2 Å². The Balaban J connectivity index is 2.83. The number of carbonyl (C=O) groups is 1. The summed E-state index contributed by atoms with van der Waals surface area (Å²) in [5.41, 5.74) is 1.08. The highest BCUT2D eigenvalue weighted by Crippen LogP contribution is 2.25. The van der Waals surface area contributed by atoms with E-state index in [-0.39, 0.29) is 18.4 Å². The van der Waals surface area contributed by atoms with Crippen molar-refractivity contribution < 1.29 is 14.3 Å². The van der Waals surface area contributed by atoms with Crippen LogP contribution >= 0.6 is 0 Å². The average molecular weight is 265 g/mol. The first-order valence-electron chi connectivity index (χ1n) is 6.04. The Morgan fingerprint density at radius 3 is 2.74 bits per heavy atom. The molecule has 0 aliphatic carbocycles. The van der Waals surface area contributed by atoms with Gasteiger partial charge in [-0.25, -0.2) is 0 Å². The van der Waals surface area contributed by atoms with Gasteiger partial charge in [0.2, 0.25) is 11.8 Å². The van der Waals surface area contributed by atoms with E-state index < -0.39 is 6.04 Å². The smallest absolute Gasteiger partial charge is 0.243 e. The molecule has 6 heteroatoms. The Morgan fingerprint density at radius 1 is 1.58 bits per heavy atom. The van der Waals surface area contributed by atoms with Crippen molar-refractivity contribution in [2.24, 2.45) is 0 Å². The van der Waals surface area contributed by atoms with Gasteiger partial charge in [0.25, 0.3) is 0 Å². The quantitative estimate of drug-likeness (QED) is 0.829. The van der Waals surface area contributed by atoms with Crippen LogP contribution in [0.1, 0.15) is 23.8 Å². The lowest BCUT2D eigenvalue weighted by molar-refractivity contribution is -0.120. The maximum atomic E-state index is 12.0. The van der Waals surface area contributed by atoms with Crippen molar-refractivity contribution in [2.75, 3.05) is 25.5 Å². The predicted molar refractivity (Wildman–Crippen MR) is 70.7 cm³/mol. The van der Waals surface area contributed by atoms with E-state index in [0.717, 1.165) is 5.56 Å². The number of furan rings is 1. The minimum Gasteiger partial charge on any atom is -0.444 e. The molecule has 2 N–H and O–H groups in total. The van der Waals surface area contributed by atoms with Crippen molar-refractivity contribution in [1.29, 1.82) is 5.26 Å². The first-order valence-corrected chi connectivity index (χ1v) is 6.04. The number of amides is 1. The number of rotatable bonds is 5.